The molecule has 31 heavy (non-hydrogen) atoms. The number of hydrogen-bond acceptors (Lipinski definition) is 5. The number of rotatable bonds is 5. The lowest BCUT2D eigenvalue weighted by molar-refractivity contribution is -0.135. The number of benzene rings is 2. The van der Waals surface area contributed by atoms with Gasteiger partial charge in [0.15, 0.2) is 0 Å². The fourth-order valence-electron chi connectivity index (χ4n) is 4.51. The Morgan fingerprint density at radius 1 is 1.16 bits per heavy atom. The molecule has 0 aromatic heterocycles. The Morgan fingerprint density at radius 2 is 1.94 bits per heavy atom. The van der Waals surface area contributed by atoms with E-state index in [-0.39, 0.29) is 17.9 Å². The number of amides is 1. The molecule has 0 spiro atoms. The molecule has 0 bridgehead atoms. The number of nitrogens with one attached hydrogen (secondary N) is 2. The highest BCUT2D eigenvalue weighted by Crippen LogP contribution is 2.33. The van der Waals surface area contributed by atoms with Crippen LogP contribution < -0.4 is 20.5 Å². The lowest BCUT2D eigenvalue weighted by Crippen LogP contribution is -2.51. The topological polar surface area (TPSA) is 56.8 Å². The molecule has 6 nitrogen and oxygen atoms in total. The molecule has 2 fully saturated rings. The zero-order valence-corrected chi connectivity index (χ0v) is 19.2. The number of ether oxygens (including phenoxy) is 1. The number of nitrogens with zero attached hydrogens (tertiary/aromatic N) is 2. The second-order valence-corrected chi connectivity index (χ2v) is 8.67. The van der Waals surface area contributed by atoms with Gasteiger partial charge in [0.1, 0.15) is 5.75 Å². The third-order valence-corrected chi connectivity index (χ3v) is 6.72. The summed E-state index contributed by atoms with van der Waals surface area (Å²) in [4.78, 5) is 17.8. The van der Waals surface area contributed by atoms with E-state index in [0.29, 0.717) is 23.9 Å². The van der Waals surface area contributed by atoms with Gasteiger partial charge in [0, 0.05) is 38.4 Å². The van der Waals surface area contributed by atoms with E-state index < -0.39 is 0 Å². The van der Waals surface area contributed by atoms with E-state index in [2.05, 4.69) is 47.8 Å². The molecule has 2 aliphatic rings. The largest absolute Gasteiger partial charge is 0.492 e. The van der Waals surface area contributed by atoms with E-state index in [9.17, 15) is 4.79 Å². The van der Waals surface area contributed by atoms with Gasteiger partial charge in [-0.05, 0) is 55.7 Å². The van der Waals surface area contributed by atoms with Gasteiger partial charge in [-0.15, -0.1) is 0 Å². The van der Waals surface area contributed by atoms with Crippen LogP contribution in [0.4, 0.5) is 5.69 Å². The first-order chi connectivity index (χ1) is 15.0. The Morgan fingerprint density at radius 3 is 2.65 bits per heavy atom. The van der Waals surface area contributed by atoms with Gasteiger partial charge in [0.2, 0.25) is 5.91 Å². The van der Waals surface area contributed by atoms with Crippen molar-refractivity contribution in [3.05, 3.63) is 58.1 Å². The van der Waals surface area contributed by atoms with Crippen molar-refractivity contribution in [1.29, 1.82) is 0 Å². The number of piperazine rings is 1. The van der Waals surface area contributed by atoms with E-state index >= 15 is 0 Å². The zero-order valence-electron chi connectivity index (χ0n) is 18.5. The highest BCUT2D eigenvalue weighted by molar-refractivity contribution is 6.32. The molecule has 7 heteroatoms. The Hall–Kier alpha value is -2.28. The molecule has 0 radical (unpaired) electrons. The summed E-state index contributed by atoms with van der Waals surface area (Å²) < 4.78 is 5.54. The number of anilines is 1. The monoisotopic (exact) mass is 442 g/mol. The van der Waals surface area contributed by atoms with Crippen molar-refractivity contribution < 1.29 is 9.53 Å². The van der Waals surface area contributed by atoms with Crippen molar-refractivity contribution in [3.63, 3.8) is 0 Å². The molecule has 2 heterocycles. The normalized spacial score (nSPS) is 21.4. The minimum Gasteiger partial charge on any atom is -0.492 e. The quantitative estimate of drug-likeness (QED) is 0.742. The Balaban J connectivity index is 1.42. The lowest BCUT2D eigenvalue weighted by Gasteiger charge is -2.38. The maximum atomic E-state index is 13.4. The molecule has 4 rings (SSSR count). The van der Waals surface area contributed by atoms with E-state index in [0.717, 1.165) is 31.7 Å². The van der Waals surface area contributed by atoms with E-state index in [1.807, 2.05) is 30.0 Å². The van der Waals surface area contributed by atoms with Crippen LogP contribution in [0.25, 0.3) is 0 Å². The first-order valence-electron chi connectivity index (χ1n) is 11.0. The van der Waals surface area contributed by atoms with Crippen molar-refractivity contribution in [2.75, 3.05) is 44.2 Å². The van der Waals surface area contributed by atoms with E-state index in [1.54, 1.807) is 0 Å². The average molecular weight is 443 g/mol. The number of carbonyl (C=O) groups is 1. The Kier molecular flexibility index (Phi) is 6.70. The van der Waals surface area contributed by atoms with Crippen LogP contribution in [0.3, 0.4) is 0 Å². The molecular weight excluding hydrogens is 412 g/mol. The zero-order chi connectivity index (χ0) is 22.0. The molecular formula is C24H31ClN4O2. The summed E-state index contributed by atoms with van der Waals surface area (Å²) >= 11 is 6.39. The summed E-state index contributed by atoms with van der Waals surface area (Å²) in [6, 6.07) is 12.1. The van der Waals surface area contributed by atoms with Gasteiger partial charge in [-0.25, -0.2) is 5.43 Å². The van der Waals surface area contributed by atoms with Gasteiger partial charge in [0.05, 0.1) is 23.6 Å². The third-order valence-electron chi connectivity index (χ3n) is 6.42. The van der Waals surface area contributed by atoms with Gasteiger partial charge in [-0.1, -0.05) is 29.8 Å². The van der Waals surface area contributed by atoms with Crippen LogP contribution in [-0.4, -0.2) is 50.1 Å². The molecule has 2 unspecified atom stereocenters. The van der Waals surface area contributed by atoms with Crippen molar-refractivity contribution in [3.8, 4) is 5.75 Å². The van der Waals surface area contributed by atoms with Crippen LogP contribution in [0.1, 0.15) is 29.7 Å². The van der Waals surface area contributed by atoms with E-state index in [1.165, 1.54) is 16.8 Å². The van der Waals surface area contributed by atoms with Crippen LogP contribution in [0, 0.1) is 19.8 Å². The third kappa shape index (κ3) is 4.52. The van der Waals surface area contributed by atoms with Crippen LogP contribution in [0.2, 0.25) is 5.02 Å². The van der Waals surface area contributed by atoms with Crippen LogP contribution in [-0.2, 0) is 4.79 Å². The number of aryl methyl sites for hydroxylation is 1. The van der Waals surface area contributed by atoms with Crippen molar-refractivity contribution in [2.45, 2.75) is 26.8 Å². The smallest absolute Gasteiger partial charge is 0.229 e. The number of hydrogen-bond donors (Lipinski definition) is 2. The summed E-state index contributed by atoms with van der Waals surface area (Å²) in [6.07, 6.45) is 0. The minimum atomic E-state index is -0.165. The summed E-state index contributed by atoms with van der Waals surface area (Å²) in [5, 5.41) is 0.571. The number of halogens is 1. The van der Waals surface area contributed by atoms with E-state index in [4.69, 9.17) is 16.3 Å². The number of hydrazine groups is 1. The van der Waals surface area contributed by atoms with Crippen LogP contribution >= 0.6 is 11.6 Å². The highest BCUT2D eigenvalue weighted by Gasteiger charge is 2.37. The maximum Gasteiger partial charge on any atom is 0.229 e. The maximum absolute atomic E-state index is 13.4. The molecule has 2 saturated heterocycles. The summed E-state index contributed by atoms with van der Waals surface area (Å²) in [5.74, 6) is 0.693. The van der Waals surface area contributed by atoms with Gasteiger partial charge in [-0.2, -0.15) is 0 Å². The lowest BCUT2D eigenvalue weighted by atomic mass is 9.93. The van der Waals surface area contributed by atoms with Gasteiger partial charge >= 0.3 is 0 Å². The predicted octanol–water partition coefficient (Wildman–Crippen LogP) is 3.47. The Bertz CT molecular complexity index is 943. The summed E-state index contributed by atoms with van der Waals surface area (Å²) in [7, 11) is 0. The first kappa shape index (κ1) is 21.9. The average Bonchev–Trinajstić information content (AvgIpc) is 3.27. The first-order valence-corrected chi connectivity index (χ1v) is 11.4. The van der Waals surface area contributed by atoms with Gasteiger partial charge in [0.25, 0.3) is 0 Å². The van der Waals surface area contributed by atoms with Gasteiger partial charge in [-0.3, -0.25) is 10.2 Å². The molecule has 0 aliphatic carbocycles. The molecule has 2 aromatic carbocycles. The second-order valence-electron chi connectivity index (χ2n) is 8.26. The van der Waals surface area contributed by atoms with Crippen molar-refractivity contribution in [1.82, 2.24) is 15.8 Å². The summed E-state index contributed by atoms with van der Waals surface area (Å²) in [6.45, 7) is 10.6. The minimum absolute atomic E-state index is 0.113. The van der Waals surface area contributed by atoms with Gasteiger partial charge < -0.3 is 14.5 Å². The number of carbonyl (C=O) groups excluding carboxylic acids is 1. The summed E-state index contributed by atoms with van der Waals surface area (Å²) in [5.41, 5.74) is 11.3. The standard InChI is InChI=1S/C24H31ClN4O2/c1-4-31-22-9-8-18(14-20(22)25)23-19(15-26-27-23)24(30)29-12-10-28(11-13-29)21-7-5-6-16(2)17(21)3/h5-9,14,19,23,26-27H,4,10-13,15H2,1-3H3. The molecule has 166 valence electrons. The SMILES string of the molecule is CCOc1ccc(C2NNCC2C(=O)N2CCN(c3cccc(C)c3C)CC2)cc1Cl. The predicted molar refractivity (Wildman–Crippen MR) is 125 cm³/mol. The molecule has 2 N–H and O–H groups in total. The fraction of sp³-hybridized carbons (Fsp3) is 0.458. The molecule has 2 aliphatic heterocycles. The molecule has 2 atom stereocenters. The highest BCUT2D eigenvalue weighted by atomic mass is 35.5. The molecule has 0 saturated carbocycles. The van der Waals surface area contributed by atoms with Crippen LogP contribution in [0.15, 0.2) is 36.4 Å². The van der Waals surface area contributed by atoms with Crippen LogP contribution in [0.5, 0.6) is 5.75 Å². The van der Waals surface area contributed by atoms with Crippen molar-refractivity contribution >= 4 is 23.2 Å². The van der Waals surface area contributed by atoms with Crippen molar-refractivity contribution in [2.24, 2.45) is 5.92 Å². The molecule has 2 aromatic rings. The molecule has 1 amide bonds. The Labute approximate surface area is 189 Å². The second kappa shape index (κ2) is 9.47. The fourth-order valence-corrected chi connectivity index (χ4v) is 4.75.